The van der Waals surface area contributed by atoms with Gasteiger partial charge in [0.1, 0.15) is 18.2 Å². The van der Waals surface area contributed by atoms with E-state index in [9.17, 15) is 22.8 Å². The van der Waals surface area contributed by atoms with Crippen molar-refractivity contribution in [3.63, 3.8) is 0 Å². The predicted octanol–water partition coefficient (Wildman–Crippen LogP) is 4.59. The standard InChI is InChI=1S/C16H20BrF3N2O3.C2H6/c1-15(2,3)25-14(24)22-12(13(23)21-9-16(18,19)20)8-10-5-4-6-11(17)7-10;1-2/h4-7,12H,8-9H2,1-3H3,(H,21,23)(H,22,24);1-2H3/t12-;/m0./s1. The van der Waals surface area contributed by atoms with Gasteiger partial charge in [0.25, 0.3) is 0 Å². The van der Waals surface area contributed by atoms with Gasteiger partial charge >= 0.3 is 12.3 Å². The first-order valence-corrected chi connectivity index (χ1v) is 9.23. The second kappa shape index (κ2) is 11.2. The number of hydrogen-bond acceptors (Lipinski definition) is 3. The normalized spacial score (nSPS) is 12.3. The minimum Gasteiger partial charge on any atom is -0.444 e. The Kier molecular flexibility index (Phi) is 10.4. The molecule has 1 aromatic carbocycles. The molecular weight excluding hydrogens is 429 g/mol. The van der Waals surface area contributed by atoms with Gasteiger partial charge in [0.15, 0.2) is 0 Å². The van der Waals surface area contributed by atoms with Crippen LogP contribution in [0, 0.1) is 0 Å². The van der Waals surface area contributed by atoms with Gasteiger partial charge in [0.2, 0.25) is 5.91 Å². The molecule has 9 heteroatoms. The van der Waals surface area contributed by atoms with E-state index < -0.39 is 36.4 Å². The SMILES string of the molecule is CC.CC(C)(C)OC(=O)N[C@@H](Cc1cccc(Br)c1)C(=O)NCC(F)(F)F. The Labute approximate surface area is 166 Å². The van der Waals surface area contributed by atoms with Gasteiger partial charge < -0.3 is 15.4 Å². The third-order valence-corrected chi connectivity index (χ3v) is 3.29. The number of alkyl halides is 3. The summed E-state index contributed by atoms with van der Waals surface area (Å²) in [7, 11) is 0. The zero-order valence-corrected chi connectivity index (χ0v) is 17.6. The summed E-state index contributed by atoms with van der Waals surface area (Å²) < 4.78 is 42.7. The molecule has 1 aromatic rings. The van der Waals surface area contributed by atoms with Crippen LogP contribution < -0.4 is 10.6 Å². The first kappa shape index (κ1) is 25.2. The predicted molar refractivity (Wildman–Crippen MR) is 101 cm³/mol. The summed E-state index contributed by atoms with van der Waals surface area (Å²) in [4.78, 5) is 24.0. The number of benzene rings is 1. The maximum Gasteiger partial charge on any atom is 0.408 e. The van der Waals surface area contributed by atoms with Crippen molar-refractivity contribution in [2.24, 2.45) is 0 Å². The maximum absolute atomic E-state index is 12.3. The molecule has 0 saturated heterocycles. The van der Waals surface area contributed by atoms with Crippen molar-refractivity contribution in [2.75, 3.05) is 6.54 Å². The Morgan fingerprint density at radius 3 is 2.26 bits per heavy atom. The van der Waals surface area contributed by atoms with E-state index in [1.54, 1.807) is 50.4 Å². The molecule has 0 aliphatic heterocycles. The lowest BCUT2D eigenvalue weighted by molar-refractivity contribution is -0.139. The van der Waals surface area contributed by atoms with Gasteiger partial charge in [0, 0.05) is 10.9 Å². The van der Waals surface area contributed by atoms with Gasteiger partial charge in [0.05, 0.1) is 0 Å². The lowest BCUT2D eigenvalue weighted by Gasteiger charge is -2.23. The fourth-order valence-electron chi connectivity index (χ4n) is 1.87. The largest absolute Gasteiger partial charge is 0.444 e. The van der Waals surface area contributed by atoms with Gasteiger partial charge in [-0.1, -0.05) is 41.9 Å². The summed E-state index contributed by atoms with van der Waals surface area (Å²) in [5.74, 6) is -0.942. The molecule has 0 saturated carbocycles. The fourth-order valence-corrected chi connectivity index (χ4v) is 2.32. The number of alkyl carbamates (subject to hydrolysis) is 1. The van der Waals surface area contributed by atoms with Crippen LogP contribution in [-0.4, -0.2) is 36.4 Å². The Balaban J connectivity index is 0.00000326. The van der Waals surface area contributed by atoms with Crippen LogP contribution in [0.15, 0.2) is 28.7 Å². The lowest BCUT2D eigenvalue weighted by Crippen LogP contribution is -2.50. The van der Waals surface area contributed by atoms with Crippen molar-refractivity contribution in [3.8, 4) is 0 Å². The van der Waals surface area contributed by atoms with Crippen LogP contribution in [0.3, 0.4) is 0 Å². The van der Waals surface area contributed by atoms with E-state index in [-0.39, 0.29) is 6.42 Å². The van der Waals surface area contributed by atoms with E-state index in [0.717, 1.165) is 4.47 Å². The van der Waals surface area contributed by atoms with Crippen LogP contribution in [0.4, 0.5) is 18.0 Å². The van der Waals surface area contributed by atoms with Crippen molar-refractivity contribution >= 4 is 27.9 Å². The molecule has 0 aliphatic carbocycles. The van der Waals surface area contributed by atoms with Crippen molar-refractivity contribution < 1.29 is 27.5 Å². The summed E-state index contributed by atoms with van der Waals surface area (Å²) in [6.07, 6.45) is -5.40. The van der Waals surface area contributed by atoms with E-state index in [1.807, 2.05) is 13.8 Å². The highest BCUT2D eigenvalue weighted by molar-refractivity contribution is 9.10. The molecule has 0 spiro atoms. The van der Waals surface area contributed by atoms with Crippen molar-refractivity contribution in [1.82, 2.24) is 10.6 Å². The summed E-state index contributed by atoms with van der Waals surface area (Å²) in [6, 6.07) is 5.69. The molecule has 1 rings (SSSR count). The molecule has 0 heterocycles. The Bertz CT molecular complexity index is 617. The molecule has 0 bridgehead atoms. The lowest BCUT2D eigenvalue weighted by atomic mass is 10.1. The molecule has 2 N–H and O–H groups in total. The van der Waals surface area contributed by atoms with Gasteiger partial charge in [-0.2, -0.15) is 13.2 Å². The molecule has 0 radical (unpaired) electrons. The van der Waals surface area contributed by atoms with Gasteiger partial charge in [-0.05, 0) is 38.5 Å². The Morgan fingerprint density at radius 2 is 1.78 bits per heavy atom. The molecule has 2 amide bonds. The van der Waals surface area contributed by atoms with E-state index in [2.05, 4.69) is 21.2 Å². The van der Waals surface area contributed by atoms with E-state index in [4.69, 9.17) is 4.74 Å². The number of ether oxygens (including phenoxy) is 1. The van der Waals surface area contributed by atoms with Crippen LogP contribution in [0.5, 0.6) is 0 Å². The zero-order chi connectivity index (χ0) is 21.3. The third-order valence-electron chi connectivity index (χ3n) is 2.80. The number of carbonyl (C=O) groups excluding carboxylic acids is 2. The molecule has 0 fully saturated rings. The second-order valence-electron chi connectivity index (χ2n) is 6.37. The summed E-state index contributed by atoms with van der Waals surface area (Å²) in [5.41, 5.74) is -0.134. The van der Waals surface area contributed by atoms with E-state index in [0.29, 0.717) is 5.56 Å². The Hall–Kier alpha value is -1.77. The number of amides is 2. The third kappa shape index (κ3) is 12.3. The molecular formula is C18H26BrF3N2O3. The molecule has 1 atom stereocenters. The van der Waals surface area contributed by atoms with Crippen LogP contribution in [0.1, 0.15) is 40.2 Å². The highest BCUT2D eigenvalue weighted by atomic mass is 79.9. The number of nitrogens with one attached hydrogen (secondary N) is 2. The highest BCUT2D eigenvalue weighted by Gasteiger charge is 2.31. The van der Waals surface area contributed by atoms with Crippen LogP contribution >= 0.6 is 15.9 Å². The van der Waals surface area contributed by atoms with Gasteiger partial charge in [-0.3, -0.25) is 4.79 Å². The Morgan fingerprint density at radius 1 is 1.19 bits per heavy atom. The van der Waals surface area contributed by atoms with Gasteiger partial charge in [-0.15, -0.1) is 0 Å². The topological polar surface area (TPSA) is 67.4 Å². The quantitative estimate of drug-likeness (QED) is 0.683. The van der Waals surface area contributed by atoms with E-state index >= 15 is 0 Å². The molecule has 27 heavy (non-hydrogen) atoms. The van der Waals surface area contributed by atoms with Crippen molar-refractivity contribution in [3.05, 3.63) is 34.3 Å². The maximum atomic E-state index is 12.3. The summed E-state index contributed by atoms with van der Waals surface area (Å²) in [5, 5.41) is 4.10. The average Bonchev–Trinajstić information content (AvgIpc) is 2.51. The first-order chi connectivity index (χ1) is 12.4. The molecule has 5 nitrogen and oxygen atoms in total. The molecule has 154 valence electrons. The van der Waals surface area contributed by atoms with E-state index in [1.165, 1.54) is 0 Å². The molecule has 0 aliphatic rings. The highest BCUT2D eigenvalue weighted by Crippen LogP contribution is 2.15. The number of halogens is 4. The first-order valence-electron chi connectivity index (χ1n) is 8.44. The van der Waals surface area contributed by atoms with Crippen LogP contribution in [0.25, 0.3) is 0 Å². The second-order valence-corrected chi connectivity index (χ2v) is 7.28. The minimum atomic E-state index is -4.54. The molecule has 0 unspecified atom stereocenters. The van der Waals surface area contributed by atoms with Gasteiger partial charge in [-0.25, -0.2) is 4.79 Å². The van der Waals surface area contributed by atoms with Crippen molar-refractivity contribution in [2.45, 2.75) is 58.9 Å². The average molecular weight is 455 g/mol. The molecule has 0 aromatic heterocycles. The monoisotopic (exact) mass is 454 g/mol. The number of carbonyl (C=O) groups is 2. The number of hydrogen-bond donors (Lipinski definition) is 2. The zero-order valence-electron chi connectivity index (χ0n) is 16.0. The summed E-state index contributed by atoms with van der Waals surface area (Å²) in [6.45, 7) is 7.44. The smallest absolute Gasteiger partial charge is 0.408 e. The summed E-state index contributed by atoms with van der Waals surface area (Å²) >= 11 is 3.28. The fraction of sp³-hybridized carbons (Fsp3) is 0.556. The van der Waals surface area contributed by atoms with Crippen molar-refractivity contribution in [1.29, 1.82) is 0 Å². The van der Waals surface area contributed by atoms with Crippen LogP contribution in [0.2, 0.25) is 0 Å². The number of rotatable bonds is 5. The minimum absolute atomic E-state index is 0.0162. The van der Waals surface area contributed by atoms with Crippen LogP contribution in [-0.2, 0) is 16.0 Å².